The minimum Gasteiger partial charge on any atom is -0.432 e. The lowest BCUT2D eigenvalue weighted by Gasteiger charge is -2.21. The third-order valence-corrected chi connectivity index (χ3v) is 2.60. The van der Waals surface area contributed by atoms with E-state index >= 15 is 0 Å². The first-order valence-electron chi connectivity index (χ1n) is 5.76. The van der Waals surface area contributed by atoms with Crippen LogP contribution < -0.4 is 0 Å². The largest absolute Gasteiger partial charge is 0.432 e. The van der Waals surface area contributed by atoms with E-state index in [4.69, 9.17) is 9.47 Å². The highest BCUT2D eigenvalue weighted by Crippen LogP contribution is 2.11. The van der Waals surface area contributed by atoms with Gasteiger partial charge in [0, 0.05) is 0 Å². The summed E-state index contributed by atoms with van der Waals surface area (Å²) >= 11 is 0. The molecule has 4 heteroatoms. The van der Waals surface area contributed by atoms with E-state index in [-0.39, 0.29) is 18.2 Å². The van der Waals surface area contributed by atoms with Gasteiger partial charge in [-0.2, -0.15) is 0 Å². The molecule has 94 valence electrons. The molecule has 0 N–H and O–H groups in total. The third kappa shape index (κ3) is 3.28. The maximum atomic E-state index is 11.6. The van der Waals surface area contributed by atoms with Gasteiger partial charge in [-0.3, -0.25) is 9.59 Å². The molecular formula is C14H14O4. The smallest absolute Gasteiger partial charge is 0.312 e. The summed E-state index contributed by atoms with van der Waals surface area (Å²) in [6.07, 6.45) is 1.69. The Kier molecular flexibility index (Phi) is 3.89. The Hall–Kier alpha value is -1.94. The minimum absolute atomic E-state index is 0.120. The molecule has 1 aliphatic rings. The number of hydrogen-bond acceptors (Lipinski definition) is 4. The fourth-order valence-corrected chi connectivity index (χ4v) is 1.62. The second-order valence-corrected chi connectivity index (χ2v) is 4.06. The first kappa shape index (κ1) is 12.5. The molecule has 18 heavy (non-hydrogen) atoms. The van der Waals surface area contributed by atoms with Gasteiger partial charge in [-0.25, -0.2) is 0 Å². The average Bonchev–Trinajstić information content (AvgIpc) is 2.35. The van der Waals surface area contributed by atoms with Crippen molar-refractivity contribution in [2.75, 3.05) is 0 Å². The molecule has 0 amide bonds. The van der Waals surface area contributed by atoms with Crippen molar-refractivity contribution in [3.05, 3.63) is 48.0 Å². The lowest BCUT2D eigenvalue weighted by Crippen LogP contribution is -2.32. The highest BCUT2D eigenvalue weighted by molar-refractivity contribution is 5.94. The van der Waals surface area contributed by atoms with E-state index in [1.807, 2.05) is 30.3 Å². The molecule has 0 fully saturated rings. The van der Waals surface area contributed by atoms with Gasteiger partial charge in [0.2, 0.25) is 6.29 Å². The number of ketones is 1. The van der Waals surface area contributed by atoms with Crippen LogP contribution in [-0.2, 0) is 25.5 Å². The van der Waals surface area contributed by atoms with E-state index in [0.717, 1.165) is 5.56 Å². The molecule has 0 bridgehead atoms. The summed E-state index contributed by atoms with van der Waals surface area (Å²) in [4.78, 5) is 22.8. The fraction of sp³-hybridized carbons (Fsp3) is 0.286. The second-order valence-electron chi connectivity index (χ2n) is 4.06. The van der Waals surface area contributed by atoms with Gasteiger partial charge >= 0.3 is 5.97 Å². The van der Waals surface area contributed by atoms with Crippen LogP contribution in [0.5, 0.6) is 0 Å². The van der Waals surface area contributed by atoms with E-state index in [2.05, 4.69) is 0 Å². The summed E-state index contributed by atoms with van der Waals surface area (Å²) in [5, 5.41) is 0. The summed E-state index contributed by atoms with van der Waals surface area (Å²) < 4.78 is 10.3. The van der Waals surface area contributed by atoms with Crippen LogP contribution in [0, 0.1) is 0 Å². The second kappa shape index (κ2) is 5.60. The number of carbonyl (C=O) groups is 2. The minimum atomic E-state index is -0.770. The van der Waals surface area contributed by atoms with Crippen LogP contribution in [-0.4, -0.2) is 24.1 Å². The zero-order valence-corrected chi connectivity index (χ0v) is 10.0. The van der Waals surface area contributed by atoms with Crippen LogP contribution in [0.4, 0.5) is 0 Å². The Bertz CT molecular complexity index is 464. The van der Waals surface area contributed by atoms with Crippen molar-refractivity contribution in [3.8, 4) is 0 Å². The molecule has 4 nitrogen and oxygen atoms in total. The molecule has 0 saturated carbocycles. The molecule has 0 aromatic heterocycles. The first-order valence-corrected chi connectivity index (χ1v) is 5.76. The zero-order chi connectivity index (χ0) is 13.0. The van der Waals surface area contributed by atoms with E-state index < -0.39 is 12.4 Å². The summed E-state index contributed by atoms with van der Waals surface area (Å²) in [6.45, 7) is 1.63. The van der Waals surface area contributed by atoms with Crippen LogP contribution in [0.1, 0.15) is 12.5 Å². The molecular weight excluding hydrogens is 232 g/mol. The molecule has 0 spiro atoms. The van der Waals surface area contributed by atoms with Gasteiger partial charge in [0.25, 0.3) is 0 Å². The molecule has 0 unspecified atom stereocenters. The van der Waals surface area contributed by atoms with Crippen molar-refractivity contribution in [2.45, 2.75) is 25.7 Å². The molecule has 1 heterocycles. The highest BCUT2D eigenvalue weighted by atomic mass is 16.7. The standard InChI is InChI=1S/C14H14O4/c1-10-12(15)7-8-14(17-10)18-13(16)9-11-5-3-2-4-6-11/h2-8,10,14H,9H2,1H3/t10-,14-/m1/s1. The maximum Gasteiger partial charge on any atom is 0.312 e. The molecule has 0 radical (unpaired) electrons. The van der Waals surface area contributed by atoms with Gasteiger partial charge in [0.15, 0.2) is 5.78 Å². The van der Waals surface area contributed by atoms with Crippen molar-refractivity contribution < 1.29 is 19.1 Å². The van der Waals surface area contributed by atoms with Crippen molar-refractivity contribution in [1.29, 1.82) is 0 Å². The fourth-order valence-electron chi connectivity index (χ4n) is 1.62. The van der Waals surface area contributed by atoms with Crippen molar-refractivity contribution in [3.63, 3.8) is 0 Å². The van der Waals surface area contributed by atoms with Crippen molar-refractivity contribution in [1.82, 2.24) is 0 Å². The number of ether oxygens (including phenoxy) is 2. The van der Waals surface area contributed by atoms with Crippen molar-refractivity contribution in [2.24, 2.45) is 0 Å². The number of rotatable bonds is 3. The molecule has 2 rings (SSSR count). The number of benzene rings is 1. The average molecular weight is 246 g/mol. The first-order chi connectivity index (χ1) is 8.65. The van der Waals surface area contributed by atoms with E-state index in [9.17, 15) is 9.59 Å². The number of carbonyl (C=O) groups excluding carboxylic acids is 2. The molecule has 1 aliphatic heterocycles. The van der Waals surface area contributed by atoms with Gasteiger partial charge in [-0.15, -0.1) is 0 Å². The molecule has 1 aromatic rings. The SMILES string of the molecule is C[C@H]1O[C@H](OC(=O)Cc2ccccc2)C=CC1=O. The van der Waals surface area contributed by atoms with Crippen LogP contribution in [0.25, 0.3) is 0 Å². The van der Waals surface area contributed by atoms with Gasteiger partial charge in [-0.05, 0) is 24.6 Å². The maximum absolute atomic E-state index is 11.6. The zero-order valence-electron chi connectivity index (χ0n) is 10.0. The van der Waals surface area contributed by atoms with Gasteiger partial charge in [0.05, 0.1) is 6.42 Å². The molecule has 0 aliphatic carbocycles. The topological polar surface area (TPSA) is 52.6 Å². The van der Waals surface area contributed by atoms with E-state index in [1.165, 1.54) is 12.2 Å². The Morgan fingerprint density at radius 1 is 1.33 bits per heavy atom. The Morgan fingerprint density at radius 3 is 2.72 bits per heavy atom. The lowest BCUT2D eigenvalue weighted by molar-refractivity contribution is -0.179. The number of esters is 1. The van der Waals surface area contributed by atoms with Gasteiger partial charge < -0.3 is 9.47 Å². The van der Waals surface area contributed by atoms with Crippen LogP contribution >= 0.6 is 0 Å². The van der Waals surface area contributed by atoms with Crippen molar-refractivity contribution >= 4 is 11.8 Å². The number of hydrogen-bond donors (Lipinski definition) is 0. The monoisotopic (exact) mass is 246 g/mol. The van der Waals surface area contributed by atoms with Crippen LogP contribution in [0.3, 0.4) is 0 Å². The van der Waals surface area contributed by atoms with E-state index in [0.29, 0.717) is 0 Å². The Balaban J connectivity index is 1.89. The lowest BCUT2D eigenvalue weighted by atomic mass is 10.1. The molecule has 2 atom stereocenters. The third-order valence-electron chi connectivity index (χ3n) is 2.60. The normalized spacial score (nSPS) is 22.8. The highest BCUT2D eigenvalue weighted by Gasteiger charge is 2.23. The quantitative estimate of drug-likeness (QED) is 0.761. The summed E-state index contributed by atoms with van der Waals surface area (Å²) in [7, 11) is 0. The van der Waals surface area contributed by atoms with Crippen LogP contribution in [0.15, 0.2) is 42.5 Å². The molecule has 0 saturated heterocycles. The van der Waals surface area contributed by atoms with Gasteiger partial charge in [-0.1, -0.05) is 30.3 Å². The summed E-state index contributed by atoms with van der Waals surface area (Å²) in [5.74, 6) is -0.497. The summed E-state index contributed by atoms with van der Waals surface area (Å²) in [6, 6.07) is 9.31. The van der Waals surface area contributed by atoms with Crippen LogP contribution in [0.2, 0.25) is 0 Å². The Morgan fingerprint density at radius 2 is 2.06 bits per heavy atom. The predicted molar refractivity (Wildman–Crippen MR) is 64.7 cm³/mol. The van der Waals surface area contributed by atoms with Gasteiger partial charge in [0.1, 0.15) is 6.10 Å². The Labute approximate surface area is 105 Å². The van der Waals surface area contributed by atoms with E-state index in [1.54, 1.807) is 6.92 Å². The molecule has 1 aromatic carbocycles. The summed E-state index contributed by atoms with van der Waals surface area (Å²) in [5.41, 5.74) is 0.881. The predicted octanol–water partition coefficient (Wildman–Crippen LogP) is 1.64.